The van der Waals surface area contributed by atoms with Gasteiger partial charge in [-0.3, -0.25) is 0 Å². The highest BCUT2D eigenvalue weighted by Gasteiger charge is 2.18. The molecule has 0 radical (unpaired) electrons. The van der Waals surface area contributed by atoms with Crippen molar-refractivity contribution in [3.05, 3.63) is 34.9 Å². The summed E-state index contributed by atoms with van der Waals surface area (Å²) in [4.78, 5) is 0. The van der Waals surface area contributed by atoms with Crippen molar-refractivity contribution in [2.24, 2.45) is 5.92 Å². The lowest BCUT2D eigenvalue weighted by Crippen LogP contribution is -2.01. The van der Waals surface area contributed by atoms with Gasteiger partial charge in [0, 0.05) is 0 Å². The molecule has 106 valence electrons. The van der Waals surface area contributed by atoms with Gasteiger partial charge in [0.25, 0.3) is 0 Å². The Labute approximate surface area is 123 Å². The third-order valence-electron chi connectivity index (χ3n) is 4.64. The smallest absolute Gasteiger partial charge is 0.0588 e. The van der Waals surface area contributed by atoms with Gasteiger partial charge in [0.15, 0.2) is 0 Å². The van der Waals surface area contributed by atoms with Crippen LogP contribution in [0.5, 0.6) is 0 Å². The molecular formula is C18H27Cl. The molecular weight excluding hydrogens is 252 g/mol. The second-order valence-electron chi connectivity index (χ2n) is 5.94. The number of halogens is 1. The minimum atomic E-state index is 0.210. The van der Waals surface area contributed by atoms with Crippen molar-refractivity contribution in [1.82, 2.24) is 0 Å². The normalized spacial score (nSPS) is 17.8. The molecule has 1 saturated carbocycles. The summed E-state index contributed by atoms with van der Waals surface area (Å²) in [7, 11) is 0. The molecule has 0 nitrogen and oxygen atoms in total. The zero-order valence-corrected chi connectivity index (χ0v) is 13.2. The highest BCUT2D eigenvalue weighted by atomic mass is 35.5. The standard InChI is InChI=1S/C18H27Cl/c1-3-14-9-11-16(4-2)17(13-14)18(19)12-10-15-7-5-6-8-15/h9,11,13,15,18H,3-8,10,12H2,1-2H3. The van der Waals surface area contributed by atoms with Crippen LogP contribution >= 0.6 is 11.6 Å². The number of hydrogen-bond acceptors (Lipinski definition) is 0. The average Bonchev–Trinajstić information content (AvgIpc) is 2.97. The monoisotopic (exact) mass is 278 g/mol. The zero-order chi connectivity index (χ0) is 13.7. The van der Waals surface area contributed by atoms with E-state index in [1.165, 1.54) is 48.8 Å². The van der Waals surface area contributed by atoms with Gasteiger partial charge in [-0.05, 0) is 48.3 Å². The fraction of sp³-hybridized carbons (Fsp3) is 0.667. The minimum absolute atomic E-state index is 0.210. The van der Waals surface area contributed by atoms with Crippen molar-refractivity contribution < 1.29 is 0 Å². The van der Waals surface area contributed by atoms with E-state index in [0.717, 1.165) is 25.2 Å². The van der Waals surface area contributed by atoms with Crippen LogP contribution in [-0.4, -0.2) is 0 Å². The van der Waals surface area contributed by atoms with E-state index in [-0.39, 0.29) is 5.38 Å². The average molecular weight is 279 g/mol. The van der Waals surface area contributed by atoms with E-state index in [0.29, 0.717) is 0 Å². The molecule has 1 fully saturated rings. The Bertz CT molecular complexity index is 391. The van der Waals surface area contributed by atoms with Crippen molar-refractivity contribution in [1.29, 1.82) is 0 Å². The number of rotatable bonds is 6. The van der Waals surface area contributed by atoms with Gasteiger partial charge < -0.3 is 0 Å². The number of hydrogen-bond donors (Lipinski definition) is 0. The highest BCUT2D eigenvalue weighted by Crippen LogP contribution is 2.35. The third kappa shape index (κ3) is 3.99. The lowest BCUT2D eigenvalue weighted by atomic mass is 9.93. The Morgan fingerprint density at radius 3 is 2.53 bits per heavy atom. The molecule has 0 amide bonds. The van der Waals surface area contributed by atoms with Crippen LogP contribution in [0.4, 0.5) is 0 Å². The maximum atomic E-state index is 6.70. The molecule has 1 atom stereocenters. The SMILES string of the molecule is CCc1ccc(CC)c(C(Cl)CCC2CCCC2)c1. The van der Waals surface area contributed by atoms with Gasteiger partial charge in [0.05, 0.1) is 5.38 Å². The first-order valence-corrected chi connectivity index (χ1v) is 8.44. The van der Waals surface area contributed by atoms with Crippen molar-refractivity contribution in [2.75, 3.05) is 0 Å². The third-order valence-corrected chi connectivity index (χ3v) is 5.09. The summed E-state index contributed by atoms with van der Waals surface area (Å²) in [5.41, 5.74) is 4.24. The second kappa shape index (κ2) is 7.33. The summed E-state index contributed by atoms with van der Waals surface area (Å²) in [6.45, 7) is 4.44. The molecule has 0 bridgehead atoms. The lowest BCUT2D eigenvalue weighted by molar-refractivity contribution is 0.479. The summed E-state index contributed by atoms with van der Waals surface area (Å²) in [6.07, 6.45) is 10.4. The molecule has 2 rings (SSSR count). The van der Waals surface area contributed by atoms with Gasteiger partial charge in [-0.1, -0.05) is 57.7 Å². The first-order valence-electron chi connectivity index (χ1n) is 8.00. The maximum Gasteiger partial charge on any atom is 0.0588 e. The van der Waals surface area contributed by atoms with Gasteiger partial charge >= 0.3 is 0 Å². The van der Waals surface area contributed by atoms with E-state index in [1.807, 2.05) is 0 Å². The van der Waals surface area contributed by atoms with E-state index in [1.54, 1.807) is 0 Å². The van der Waals surface area contributed by atoms with E-state index in [4.69, 9.17) is 11.6 Å². The van der Waals surface area contributed by atoms with Crippen molar-refractivity contribution >= 4 is 11.6 Å². The van der Waals surface area contributed by atoms with Crippen LogP contribution in [0.3, 0.4) is 0 Å². The van der Waals surface area contributed by atoms with Crippen LogP contribution in [0.1, 0.15) is 74.4 Å². The molecule has 19 heavy (non-hydrogen) atoms. The van der Waals surface area contributed by atoms with Crippen LogP contribution < -0.4 is 0 Å². The molecule has 1 unspecified atom stereocenters. The molecule has 0 spiro atoms. The van der Waals surface area contributed by atoms with Gasteiger partial charge in [0.2, 0.25) is 0 Å². The summed E-state index contributed by atoms with van der Waals surface area (Å²) < 4.78 is 0. The van der Waals surface area contributed by atoms with Crippen LogP contribution in [0.15, 0.2) is 18.2 Å². The van der Waals surface area contributed by atoms with Crippen LogP contribution in [0.25, 0.3) is 0 Å². The van der Waals surface area contributed by atoms with Gasteiger partial charge in [0.1, 0.15) is 0 Å². The van der Waals surface area contributed by atoms with Crippen LogP contribution in [-0.2, 0) is 12.8 Å². The van der Waals surface area contributed by atoms with E-state index in [9.17, 15) is 0 Å². The molecule has 1 aliphatic rings. The molecule has 1 aliphatic carbocycles. The number of aryl methyl sites for hydroxylation is 2. The predicted octanol–water partition coefficient (Wildman–Crippen LogP) is 6.06. The van der Waals surface area contributed by atoms with Gasteiger partial charge in [-0.2, -0.15) is 0 Å². The number of benzene rings is 1. The first-order chi connectivity index (χ1) is 9.24. The van der Waals surface area contributed by atoms with Crippen molar-refractivity contribution in [2.45, 2.75) is 70.6 Å². The molecule has 0 heterocycles. The summed E-state index contributed by atoms with van der Waals surface area (Å²) in [5.74, 6) is 0.945. The first kappa shape index (κ1) is 14.9. The van der Waals surface area contributed by atoms with E-state index >= 15 is 0 Å². The van der Waals surface area contributed by atoms with Crippen molar-refractivity contribution in [3.63, 3.8) is 0 Å². The Morgan fingerprint density at radius 2 is 1.89 bits per heavy atom. The number of alkyl halides is 1. The summed E-state index contributed by atoms with van der Waals surface area (Å²) in [5, 5.41) is 0.210. The van der Waals surface area contributed by atoms with Crippen LogP contribution in [0, 0.1) is 5.92 Å². The quantitative estimate of drug-likeness (QED) is 0.555. The maximum absolute atomic E-state index is 6.70. The van der Waals surface area contributed by atoms with Crippen LogP contribution in [0.2, 0.25) is 0 Å². The summed E-state index contributed by atoms with van der Waals surface area (Å²) >= 11 is 6.70. The molecule has 1 aromatic carbocycles. The molecule has 0 aromatic heterocycles. The molecule has 1 aromatic rings. The fourth-order valence-corrected chi connectivity index (χ4v) is 3.64. The van der Waals surface area contributed by atoms with E-state index in [2.05, 4.69) is 32.0 Å². The molecule has 0 N–H and O–H groups in total. The predicted molar refractivity (Wildman–Crippen MR) is 85.0 cm³/mol. The van der Waals surface area contributed by atoms with E-state index < -0.39 is 0 Å². The fourth-order valence-electron chi connectivity index (χ4n) is 3.31. The van der Waals surface area contributed by atoms with Gasteiger partial charge in [-0.15, -0.1) is 11.6 Å². The largest absolute Gasteiger partial charge is 0.118 e. The molecule has 0 aliphatic heterocycles. The second-order valence-corrected chi connectivity index (χ2v) is 6.46. The Hall–Kier alpha value is -0.490. The molecule has 0 saturated heterocycles. The highest BCUT2D eigenvalue weighted by molar-refractivity contribution is 6.20. The Kier molecular flexibility index (Phi) is 5.76. The molecule has 1 heteroatoms. The lowest BCUT2D eigenvalue weighted by Gasteiger charge is -2.17. The van der Waals surface area contributed by atoms with Crippen molar-refractivity contribution in [3.8, 4) is 0 Å². The minimum Gasteiger partial charge on any atom is -0.118 e. The Balaban J connectivity index is 2.01. The topological polar surface area (TPSA) is 0 Å². The summed E-state index contributed by atoms with van der Waals surface area (Å²) in [6, 6.07) is 6.87. The van der Waals surface area contributed by atoms with Gasteiger partial charge in [-0.25, -0.2) is 0 Å². The Morgan fingerprint density at radius 1 is 1.16 bits per heavy atom. The zero-order valence-electron chi connectivity index (χ0n) is 12.4.